The van der Waals surface area contributed by atoms with Crippen LogP contribution in [0.3, 0.4) is 0 Å². The third kappa shape index (κ3) is 5.71. The third-order valence-electron chi connectivity index (χ3n) is 5.78. The van der Waals surface area contributed by atoms with Gasteiger partial charge in [0.2, 0.25) is 0 Å². The van der Waals surface area contributed by atoms with E-state index in [9.17, 15) is 0 Å². The molecule has 0 bridgehead atoms. The minimum Gasteiger partial charge on any atom is -0.205 e. The van der Waals surface area contributed by atoms with Crippen molar-refractivity contribution < 1.29 is 4.39 Å². The molecule has 162 valence electrons. The lowest BCUT2D eigenvalue weighted by Crippen LogP contribution is -1.88. The monoisotopic (exact) mass is 430 g/mol. The molecular weight excluding hydrogens is 403 g/mol. The number of hydrogen-bond acceptors (Lipinski definition) is 0. The molecule has 0 aliphatic heterocycles. The maximum Gasteiger partial charge on any atom is 0.146 e. The van der Waals surface area contributed by atoms with Gasteiger partial charge in [0.15, 0.2) is 0 Å². The lowest BCUT2D eigenvalue weighted by atomic mass is 10.0. The van der Waals surface area contributed by atoms with E-state index in [2.05, 4.69) is 61.8 Å². The highest BCUT2D eigenvalue weighted by Gasteiger charge is 2.06. The second-order valence-corrected chi connectivity index (χ2v) is 8.21. The van der Waals surface area contributed by atoms with Crippen LogP contribution in [0, 0.1) is 29.5 Å². The largest absolute Gasteiger partial charge is 0.205 e. The molecule has 4 rings (SSSR count). The van der Waals surface area contributed by atoms with Gasteiger partial charge in [-0.2, -0.15) is 0 Å². The molecule has 4 aromatic rings. The molecular formula is C32H27F. The molecule has 0 aliphatic rings. The fourth-order valence-corrected chi connectivity index (χ4v) is 3.71. The van der Waals surface area contributed by atoms with E-state index in [1.54, 1.807) is 12.1 Å². The summed E-state index contributed by atoms with van der Waals surface area (Å²) < 4.78 is 15.1. The van der Waals surface area contributed by atoms with Gasteiger partial charge in [-0.15, -0.1) is 0 Å². The SMILES string of the molecule is CCCCc1ccc(C#Cc2ccc3cc(C#Cc4ccc(CC)cc4)ccc3c2F)cc1. The normalized spacial score (nSPS) is 10.3. The van der Waals surface area contributed by atoms with Gasteiger partial charge in [-0.1, -0.05) is 80.3 Å². The van der Waals surface area contributed by atoms with Crippen molar-refractivity contribution in [3.8, 4) is 23.7 Å². The van der Waals surface area contributed by atoms with Crippen molar-refractivity contribution in [3.63, 3.8) is 0 Å². The summed E-state index contributed by atoms with van der Waals surface area (Å²) in [5.41, 5.74) is 5.76. The van der Waals surface area contributed by atoms with Crippen LogP contribution in [-0.2, 0) is 12.8 Å². The first-order valence-corrected chi connectivity index (χ1v) is 11.6. The second-order valence-electron chi connectivity index (χ2n) is 8.21. The molecule has 0 radical (unpaired) electrons. The Kier molecular flexibility index (Phi) is 7.24. The van der Waals surface area contributed by atoms with Crippen LogP contribution < -0.4 is 0 Å². The molecule has 0 heterocycles. The van der Waals surface area contributed by atoms with Crippen molar-refractivity contribution in [1.29, 1.82) is 0 Å². The second kappa shape index (κ2) is 10.7. The van der Waals surface area contributed by atoms with Gasteiger partial charge in [-0.3, -0.25) is 0 Å². The number of aryl methyl sites for hydroxylation is 2. The summed E-state index contributed by atoms with van der Waals surface area (Å²) in [6.07, 6.45) is 4.47. The molecule has 0 N–H and O–H groups in total. The summed E-state index contributed by atoms with van der Waals surface area (Å²) in [5, 5.41) is 1.39. The summed E-state index contributed by atoms with van der Waals surface area (Å²) in [5.74, 6) is 12.2. The van der Waals surface area contributed by atoms with E-state index in [0.717, 1.165) is 34.9 Å². The number of rotatable bonds is 4. The lowest BCUT2D eigenvalue weighted by Gasteiger charge is -2.03. The fraction of sp³-hybridized carbons (Fsp3) is 0.188. The van der Waals surface area contributed by atoms with Gasteiger partial charge in [0, 0.05) is 22.1 Å². The Labute approximate surface area is 196 Å². The van der Waals surface area contributed by atoms with Crippen LogP contribution in [0.4, 0.5) is 4.39 Å². The smallest absolute Gasteiger partial charge is 0.146 e. The zero-order valence-electron chi connectivity index (χ0n) is 19.2. The minimum absolute atomic E-state index is 0.283. The topological polar surface area (TPSA) is 0 Å². The molecule has 33 heavy (non-hydrogen) atoms. The molecule has 0 unspecified atom stereocenters. The van der Waals surface area contributed by atoms with E-state index in [-0.39, 0.29) is 5.82 Å². The first kappa shape index (κ1) is 22.4. The fourth-order valence-electron chi connectivity index (χ4n) is 3.71. The maximum atomic E-state index is 15.1. The average molecular weight is 431 g/mol. The van der Waals surface area contributed by atoms with Gasteiger partial charge < -0.3 is 0 Å². The van der Waals surface area contributed by atoms with Crippen LogP contribution >= 0.6 is 0 Å². The van der Waals surface area contributed by atoms with Crippen LogP contribution in [0.2, 0.25) is 0 Å². The van der Waals surface area contributed by atoms with Gasteiger partial charge in [0.25, 0.3) is 0 Å². The molecule has 1 heteroatoms. The van der Waals surface area contributed by atoms with Crippen molar-refractivity contribution in [2.45, 2.75) is 39.5 Å². The molecule has 0 amide bonds. The molecule has 0 fully saturated rings. The Morgan fingerprint density at radius 3 is 1.91 bits per heavy atom. The summed E-state index contributed by atoms with van der Waals surface area (Å²) >= 11 is 0. The molecule has 0 nitrogen and oxygen atoms in total. The number of unbranched alkanes of at least 4 members (excludes halogenated alkanes) is 1. The number of benzene rings is 4. The van der Waals surface area contributed by atoms with E-state index in [0.29, 0.717) is 10.9 Å². The average Bonchev–Trinajstić information content (AvgIpc) is 2.86. The van der Waals surface area contributed by atoms with E-state index in [1.165, 1.54) is 24.0 Å². The third-order valence-corrected chi connectivity index (χ3v) is 5.78. The Morgan fingerprint density at radius 2 is 1.24 bits per heavy atom. The Hall–Kier alpha value is -3.81. The standard InChI is InChI=1S/C32H27F/c1-3-5-6-25-11-13-27(14-12-25)17-19-29-20-21-30-23-28(18-22-31(30)32(29)33)16-15-26-9-7-24(4-2)8-10-26/h7-14,18,20-23H,3-6H2,1-2H3. The summed E-state index contributed by atoms with van der Waals surface area (Å²) in [6, 6.07) is 25.8. The summed E-state index contributed by atoms with van der Waals surface area (Å²) in [6.45, 7) is 4.33. The zero-order chi connectivity index (χ0) is 23.0. The van der Waals surface area contributed by atoms with Crippen molar-refractivity contribution in [2.24, 2.45) is 0 Å². The van der Waals surface area contributed by atoms with E-state index in [4.69, 9.17) is 0 Å². The molecule has 0 saturated carbocycles. The Bertz CT molecular complexity index is 1370. The van der Waals surface area contributed by atoms with E-state index < -0.39 is 0 Å². The molecule has 0 aliphatic carbocycles. The quantitative estimate of drug-likeness (QED) is 0.291. The molecule has 0 spiro atoms. The van der Waals surface area contributed by atoms with Gasteiger partial charge in [-0.05, 0) is 78.2 Å². The van der Waals surface area contributed by atoms with E-state index in [1.807, 2.05) is 42.5 Å². The maximum absolute atomic E-state index is 15.1. The Balaban J connectivity index is 1.54. The van der Waals surface area contributed by atoms with Crippen molar-refractivity contribution in [1.82, 2.24) is 0 Å². The minimum atomic E-state index is -0.283. The van der Waals surface area contributed by atoms with Gasteiger partial charge in [0.1, 0.15) is 5.82 Å². The lowest BCUT2D eigenvalue weighted by molar-refractivity contribution is 0.636. The van der Waals surface area contributed by atoms with Crippen LogP contribution in [0.15, 0.2) is 78.9 Å². The molecule has 4 aromatic carbocycles. The van der Waals surface area contributed by atoms with Crippen LogP contribution in [0.5, 0.6) is 0 Å². The van der Waals surface area contributed by atoms with Crippen molar-refractivity contribution in [2.75, 3.05) is 0 Å². The predicted octanol–water partition coefficient (Wildman–Crippen LogP) is 7.68. The van der Waals surface area contributed by atoms with Gasteiger partial charge in [-0.25, -0.2) is 4.39 Å². The molecule has 0 saturated heterocycles. The predicted molar refractivity (Wildman–Crippen MR) is 137 cm³/mol. The van der Waals surface area contributed by atoms with Crippen molar-refractivity contribution >= 4 is 10.8 Å². The number of halogens is 1. The van der Waals surface area contributed by atoms with Crippen LogP contribution in [0.1, 0.15) is 60.1 Å². The summed E-state index contributed by atoms with van der Waals surface area (Å²) in [4.78, 5) is 0. The van der Waals surface area contributed by atoms with Gasteiger partial charge >= 0.3 is 0 Å². The van der Waals surface area contributed by atoms with Gasteiger partial charge in [0.05, 0.1) is 5.56 Å². The van der Waals surface area contributed by atoms with E-state index >= 15 is 4.39 Å². The van der Waals surface area contributed by atoms with Crippen LogP contribution in [-0.4, -0.2) is 0 Å². The highest BCUT2D eigenvalue weighted by atomic mass is 19.1. The first-order chi connectivity index (χ1) is 16.2. The number of fused-ring (bicyclic) bond motifs is 1. The Morgan fingerprint density at radius 1 is 0.636 bits per heavy atom. The summed E-state index contributed by atoms with van der Waals surface area (Å²) in [7, 11) is 0. The zero-order valence-corrected chi connectivity index (χ0v) is 19.2. The number of hydrogen-bond donors (Lipinski definition) is 0. The highest BCUT2D eigenvalue weighted by Crippen LogP contribution is 2.22. The van der Waals surface area contributed by atoms with Crippen molar-refractivity contribution in [3.05, 3.63) is 118 Å². The highest BCUT2D eigenvalue weighted by molar-refractivity contribution is 5.86. The first-order valence-electron chi connectivity index (χ1n) is 11.6. The van der Waals surface area contributed by atoms with Crippen LogP contribution in [0.25, 0.3) is 10.8 Å². The molecule has 0 atom stereocenters. The molecule has 0 aromatic heterocycles.